The number of carbonyl (C=O) groups excluding carboxylic acids is 1. The van der Waals surface area contributed by atoms with E-state index < -0.39 is 0 Å². The lowest BCUT2D eigenvalue weighted by molar-refractivity contribution is 0.102. The van der Waals surface area contributed by atoms with Crippen LogP contribution in [0.4, 0.5) is 11.5 Å². The van der Waals surface area contributed by atoms with Crippen molar-refractivity contribution in [2.75, 3.05) is 10.6 Å². The zero-order chi connectivity index (χ0) is 19.5. The molecule has 2 aromatic heterocycles. The van der Waals surface area contributed by atoms with Gasteiger partial charge in [0.25, 0.3) is 5.91 Å². The summed E-state index contributed by atoms with van der Waals surface area (Å²) in [6.07, 6.45) is 1.59. The highest BCUT2D eigenvalue weighted by Crippen LogP contribution is 2.30. The zero-order valence-corrected chi connectivity index (χ0v) is 16.5. The first-order valence-electron chi connectivity index (χ1n) is 9.04. The third kappa shape index (κ3) is 3.87. The van der Waals surface area contributed by atoms with Gasteiger partial charge in [-0.25, -0.2) is 9.97 Å². The Labute approximate surface area is 167 Å². The Morgan fingerprint density at radius 3 is 2.68 bits per heavy atom. The van der Waals surface area contributed by atoms with Gasteiger partial charge in [0.05, 0.1) is 11.4 Å². The van der Waals surface area contributed by atoms with Gasteiger partial charge >= 0.3 is 0 Å². The first kappa shape index (κ1) is 18.1. The molecule has 1 atom stereocenters. The third-order valence-corrected chi connectivity index (χ3v) is 5.44. The fourth-order valence-corrected chi connectivity index (χ4v) is 3.91. The summed E-state index contributed by atoms with van der Waals surface area (Å²) in [5.74, 6) is 0.699. The Hall–Kier alpha value is -3.25. The molecule has 5 nitrogen and oxygen atoms in total. The molecular weight excluding hydrogens is 368 g/mol. The van der Waals surface area contributed by atoms with E-state index in [2.05, 4.69) is 40.5 Å². The molecule has 0 aliphatic carbocycles. The highest BCUT2D eigenvalue weighted by molar-refractivity contribution is 7.18. The van der Waals surface area contributed by atoms with E-state index in [-0.39, 0.29) is 11.9 Å². The second kappa shape index (κ2) is 7.78. The zero-order valence-electron chi connectivity index (χ0n) is 15.6. The Morgan fingerprint density at radius 2 is 1.86 bits per heavy atom. The average molecular weight is 388 g/mol. The van der Waals surface area contributed by atoms with Gasteiger partial charge in [0.1, 0.15) is 17.0 Å². The quantitative estimate of drug-likeness (QED) is 0.479. The Morgan fingerprint density at radius 1 is 1.04 bits per heavy atom. The lowest BCUT2D eigenvalue weighted by Gasteiger charge is -2.16. The molecule has 0 saturated heterocycles. The predicted molar refractivity (Wildman–Crippen MR) is 115 cm³/mol. The van der Waals surface area contributed by atoms with E-state index in [1.54, 1.807) is 29.8 Å². The van der Waals surface area contributed by atoms with Crippen molar-refractivity contribution in [3.05, 3.63) is 83.0 Å². The molecule has 0 fully saturated rings. The second-order valence-electron chi connectivity index (χ2n) is 6.61. The summed E-state index contributed by atoms with van der Waals surface area (Å²) in [5, 5.41) is 7.46. The molecule has 0 saturated carbocycles. The fourth-order valence-electron chi connectivity index (χ4n) is 3.06. The predicted octanol–water partition coefficient (Wildman–Crippen LogP) is 5.43. The normalized spacial score (nSPS) is 11.9. The van der Waals surface area contributed by atoms with Crippen LogP contribution in [0.2, 0.25) is 0 Å². The van der Waals surface area contributed by atoms with E-state index in [1.165, 1.54) is 4.88 Å². The number of anilines is 2. The number of thiophene rings is 1. The van der Waals surface area contributed by atoms with Crippen LogP contribution in [-0.4, -0.2) is 15.9 Å². The maximum atomic E-state index is 12.4. The lowest BCUT2D eigenvalue weighted by Crippen LogP contribution is -2.13. The Balaban J connectivity index is 1.52. The van der Waals surface area contributed by atoms with Crippen molar-refractivity contribution in [1.82, 2.24) is 9.97 Å². The van der Waals surface area contributed by atoms with Crippen molar-refractivity contribution in [3.63, 3.8) is 0 Å². The van der Waals surface area contributed by atoms with Gasteiger partial charge in [0.15, 0.2) is 0 Å². The minimum absolute atomic E-state index is 0.0203. The molecule has 0 aliphatic rings. The number of carbonyl (C=O) groups is 1. The van der Waals surface area contributed by atoms with Crippen LogP contribution in [0.15, 0.2) is 67.0 Å². The van der Waals surface area contributed by atoms with Crippen LogP contribution < -0.4 is 10.6 Å². The minimum Gasteiger partial charge on any atom is -0.363 e. The van der Waals surface area contributed by atoms with Gasteiger partial charge in [-0.05, 0) is 49.7 Å². The summed E-state index contributed by atoms with van der Waals surface area (Å²) >= 11 is 1.66. The molecule has 4 rings (SSSR count). The number of nitrogens with one attached hydrogen (secondary N) is 2. The van der Waals surface area contributed by atoms with Crippen LogP contribution in [0.3, 0.4) is 0 Å². The number of benzene rings is 2. The van der Waals surface area contributed by atoms with Crippen LogP contribution in [-0.2, 0) is 0 Å². The van der Waals surface area contributed by atoms with Crippen molar-refractivity contribution in [3.8, 4) is 0 Å². The standard InChI is InChI=1S/C22H20N4OS/c1-14-11-19-20(23-13-24-22(19)28-14)25-15(2)17-9-6-10-18(12-17)26-21(27)16-7-4-3-5-8-16/h3-13,15H,1-2H3,(H,26,27)(H,23,24,25). The summed E-state index contributed by atoms with van der Waals surface area (Å²) in [7, 11) is 0. The van der Waals surface area contributed by atoms with Gasteiger partial charge < -0.3 is 10.6 Å². The summed E-state index contributed by atoms with van der Waals surface area (Å²) in [5.41, 5.74) is 2.46. The molecule has 2 N–H and O–H groups in total. The van der Waals surface area contributed by atoms with Gasteiger partial charge in [-0.3, -0.25) is 4.79 Å². The topological polar surface area (TPSA) is 66.9 Å². The number of aromatic nitrogens is 2. The van der Waals surface area contributed by atoms with Crippen LogP contribution in [0.5, 0.6) is 0 Å². The molecule has 2 aromatic carbocycles. The van der Waals surface area contributed by atoms with Crippen molar-refractivity contribution < 1.29 is 4.79 Å². The SMILES string of the molecule is Cc1cc2c(NC(C)c3cccc(NC(=O)c4ccccc4)c3)ncnc2s1. The number of hydrogen-bond donors (Lipinski definition) is 2. The fraction of sp³-hybridized carbons (Fsp3) is 0.136. The summed E-state index contributed by atoms with van der Waals surface area (Å²) in [4.78, 5) is 23.3. The van der Waals surface area contributed by atoms with Gasteiger partial charge in [-0.15, -0.1) is 11.3 Å². The largest absolute Gasteiger partial charge is 0.363 e. The van der Waals surface area contributed by atoms with Gasteiger partial charge in [0, 0.05) is 16.1 Å². The van der Waals surface area contributed by atoms with E-state index in [1.807, 2.05) is 42.5 Å². The molecule has 0 radical (unpaired) electrons. The molecular formula is C22H20N4OS. The Kier molecular flexibility index (Phi) is 5.04. The molecule has 28 heavy (non-hydrogen) atoms. The van der Waals surface area contributed by atoms with Crippen molar-refractivity contribution in [2.24, 2.45) is 0 Å². The maximum Gasteiger partial charge on any atom is 0.255 e. The number of aryl methyl sites for hydroxylation is 1. The Bertz CT molecular complexity index is 1120. The summed E-state index contributed by atoms with van der Waals surface area (Å²) in [6.45, 7) is 4.14. The third-order valence-electron chi connectivity index (χ3n) is 4.49. The molecule has 6 heteroatoms. The van der Waals surface area contributed by atoms with Gasteiger partial charge in [-0.2, -0.15) is 0 Å². The number of amides is 1. The molecule has 0 spiro atoms. The first-order valence-corrected chi connectivity index (χ1v) is 9.86. The smallest absolute Gasteiger partial charge is 0.255 e. The minimum atomic E-state index is -0.121. The molecule has 0 aliphatic heterocycles. The second-order valence-corrected chi connectivity index (χ2v) is 7.84. The summed E-state index contributed by atoms with van der Waals surface area (Å²) in [6, 6.07) is 19.2. The highest BCUT2D eigenvalue weighted by atomic mass is 32.1. The van der Waals surface area contributed by atoms with Crippen LogP contribution in [0.25, 0.3) is 10.2 Å². The van der Waals surface area contributed by atoms with Crippen LogP contribution >= 0.6 is 11.3 Å². The summed E-state index contributed by atoms with van der Waals surface area (Å²) < 4.78 is 0. The van der Waals surface area contributed by atoms with Crippen molar-refractivity contribution in [1.29, 1.82) is 0 Å². The van der Waals surface area contributed by atoms with Gasteiger partial charge in [-0.1, -0.05) is 30.3 Å². The van der Waals surface area contributed by atoms with E-state index >= 15 is 0 Å². The number of rotatable bonds is 5. The van der Waals surface area contributed by atoms with Crippen molar-refractivity contribution >= 4 is 39.0 Å². The number of hydrogen-bond acceptors (Lipinski definition) is 5. The average Bonchev–Trinajstić information content (AvgIpc) is 3.10. The number of fused-ring (bicyclic) bond motifs is 1. The van der Waals surface area contributed by atoms with E-state index in [9.17, 15) is 4.79 Å². The monoisotopic (exact) mass is 388 g/mol. The highest BCUT2D eigenvalue weighted by Gasteiger charge is 2.12. The van der Waals surface area contributed by atoms with Gasteiger partial charge in [0.2, 0.25) is 0 Å². The molecule has 140 valence electrons. The van der Waals surface area contributed by atoms with Crippen LogP contribution in [0.1, 0.15) is 33.8 Å². The van der Waals surface area contributed by atoms with E-state index in [4.69, 9.17) is 0 Å². The molecule has 1 amide bonds. The molecule has 0 bridgehead atoms. The van der Waals surface area contributed by atoms with Crippen molar-refractivity contribution in [2.45, 2.75) is 19.9 Å². The van der Waals surface area contributed by atoms with Crippen LogP contribution in [0, 0.1) is 6.92 Å². The number of nitrogens with zero attached hydrogens (tertiary/aromatic N) is 2. The molecule has 2 heterocycles. The molecule has 4 aromatic rings. The van der Waals surface area contributed by atoms with E-state index in [0.717, 1.165) is 27.3 Å². The first-order chi connectivity index (χ1) is 13.6. The maximum absolute atomic E-state index is 12.4. The van der Waals surface area contributed by atoms with E-state index in [0.29, 0.717) is 5.56 Å². The molecule has 1 unspecified atom stereocenters. The lowest BCUT2D eigenvalue weighted by atomic mass is 10.1.